The molecule has 0 fully saturated rings. The Hall–Kier alpha value is -3.14. The lowest BCUT2D eigenvalue weighted by Gasteiger charge is -2.18. The SMILES string of the molecule is CC(C)(C)OC(=O)n1cc(COc2cc(C#N)c3c(c2)CC(C=O)C3)cn1. The van der Waals surface area contributed by atoms with E-state index in [2.05, 4.69) is 11.2 Å². The zero-order valence-corrected chi connectivity index (χ0v) is 15.6. The monoisotopic (exact) mass is 367 g/mol. The van der Waals surface area contributed by atoms with E-state index in [0.717, 1.165) is 22.1 Å². The van der Waals surface area contributed by atoms with Crippen molar-refractivity contribution in [2.24, 2.45) is 5.92 Å². The second kappa shape index (κ2) is 7.23. The van der Waals surface area contributed by atoms with Gasteiger partial charge in [-0.05, 0) is 56.9 Å². The third kappa shape index (κ3) is 4.34. The van der Waals surface area contributed by atoms with Crippen LogP contribution in [-0.2, 0) is 29.0 Å². The highest BCUT2D eigenvalue weighted by atomic mass is 16.6. The highest BCUT2D eigenvalue weighted by molar-refractivity contribution is 5.69. The van der Waals surface area contributed by atoms with Crippen LogP contribution in [0.15, 0.2) is 24.5 Å². The van der Waals surface area contributed by atoms with E-state index in [1.165, 1.54) is 6.20 Å². The van der Waals surface area contributed by atoms with E-state index in [1.807, 2.05) is 6.07 Å². The molecular weight excluding hydrogens is 346 g/mol. The van der Waals surface area contributed by atoms with Gasteiger partial charge < -0.3 is 14.3 Å². The van der Waals surface area contributed by atoms with E-state index in [0.29, 0.717) is 29.7 Å². The maximum Gasteiger partial charge on any atom is 0.435 e. The van der Waals surface area contributed by atoms with Gasteiger partial charge in [0.15, 0.2) is 0 Å². The molecule has 2 aromatic rings. The molecule has 7 heteroatoms. The first-order chi connectivity index (χ1) is 12.8. The molecule has 1 aliphatic rings. The Morgan fingerprint density at radius 3 is 2.85 bits per heavy atom. The summed E-state index contributed by atoms with van der Waals surface area (Å²) >= 11 is 0. The van der Waals surface area contributed by atoms with Gasteiger partial charge in [-0.15, -0.1) is 0 Å². The van der Waals surface area contributed by atoms with Crippen molar-refractivity contribution in [3.63, 3.8) is 0 Å². The molecule has 0 N–H and O–H groups in total. The van der Waals surface area contributed by atoms with Crippen molar-refractivity contribution in [1.82, 2.24) is 9.78 Å². The van der Waals surface area contributed by atoms with Crippen LogP contribution < -0.4 is 4.74 Å². The zero-order chi connectivity index (χ0) is 19.6. The Bertz CT molecular complexity index is 918. The number of nitriles is 1. The number of rotatable bonds is 4. The van der Waals surface area contributed by atoms with Crippen molar-refractivity contribution >= 4 is 12.4 Å². The van der Waals surface area contributed by atoms with Crippen molar-refractivity contribution in [1.29, 1.82) is 5.26 Å². The molecule has 140 valence electrons. The minimum Gasteiger partial charge on any atom is -0.489 e. The summed E-state index contributed by atoms with van der Waals surface area (Å²) in [6.45, 7) is 5.56. The van der Waals surface area contributed by atoms with Crippen molar-refractivity contribution in [3.05, 3.63) is 46.8 Å². The highest BCUT2D eigenvalue weighted by Gasteiger charge is 2.25. The molecule has 27 heavy (non-hydrogen) atoms. The predicted molar refractivity (Wildman–Crippen MR) is 96.3 cm³/mol. The number of hydrogen-bond donors (Lipinski definition) is 0. The maximum atomic E-state index is 12.0. The van der Waals surface area contributed by atoms with E-state index in [9.17, 15) is 14.9 Å². The Morgan fingerprint density at radius 1 is 1.41 bits per heavy atom. The Kier molecular flexibility index (Phi) is 5.00. The highest BCUT2D eigenvalue weighted by Crippen LogP contribution is 2.32. The number of carbonyl (C=O) groups is 2. The van der Waals surface area contributed by atoms with Crippen molar-refractivity contribution in [3.8, 4) is 11.8 Å². The lowest BCUT2D eigenvalue weighted by Crippen LogP contribution is -2.27. The van der Waals surface area contributed by atoms with Gasteiger partial charge in [-0.1, -0.05) is 0 Å². The lowest BCUT2D eigenvalue weighted by atomic mass is 10.0. The second-order valence-corrected chi connectivity index (χ2v) is 7.59. The normalized spacial score (nSPS) is 15.7. The number of carbonyl (C=O) groups excluding carboxylic acids is 2. The van der Waals surface area contributed by atoms with Crippen molar-refractivity contribution in [2.75, 3.05) is 0 Å². The van der Waals surface area contributed by atoms with Crippen LogP contribution in [-0.4, -0.2) is 27.8 Å². The summed E-state index contributed by atoms with van der Waals surface area (Å²) < 4.78 is 12.2. The van der Waals surface area contributed by atoms with Gasteiger partial charge in [0.1, 0.15) is 24.2 Å². The van der Waals surface area contributed by atoms with Crippen LogP contribution in [0.2, 0.25) is 0 Å². The van der Waals surface area contributed by atoms with Crippen LogP contribution in [0.5, 0.6) is 5.75 Å². The molecule has 0 radical (unpaired) electrons. The number of benzene rings is 1. The van der Waals surface area contributed by atoms with E-state index in [4.69, 9.17) is 9.47 Å². The van der Waals surface area contributed by atoms with E-state index in [-0.39, 0.29) is 12.5 Å². The standard InChI is InChI=1S/C20H21N3O4/c1-20(2,3)27-19(25)23-10-14(9-22-23)12-26-17-6-15-4-13(11-24)5-18(15)16(7-17)8-21/h6-7,9-11,13H,4-5,12H2,1-3H3. The summed E-state index contributed by atoms with van der Waals surface area (Å²) in [5.74, 6) is 0.483. The third-order valence-corrected chi connectivity index (χ3v) is 4.20. The first-order valence-corrected chi connectivity index (χ1v) is 8.70. The van der Waals surface area contributed by atoms with Gasteiger partial charge in [0.2, 0.25) is 0 Å². The van der Waals surface area contributed by atoms with Gasteiger partial charge in [-0.3, -0.25) is 0 Å². The average molecular weight is 367 g/mol. The summed E-state index contributed by atoms with van der Waals surface area (Å²) in [5.41, 5.74) is 2.55. The molecule has 0 aliphatic heterocycles. The molecular formula is C20H21N3O4. The molecule has 1 heterocycles. The summed E-state index contributed by atoms with van der Waals surface area (Å²) in [6.07, 6.45) is 4.69. The van der Waals surface area contributed by atoms with Crippen LogP contribution in [0, 0.1) is 17.2 Å². The molecule has 1 unspecified atom stereocenters. The van der Waals surface area contributed by atoms with Crippen molar-refractivity contribution in [2.45, 2.75) is 45.8 Å². The Balaban J connectivity index is 1.69. The number of ether oxygens (including phenoxy) is 2. The summed E-state index contributed by atoms with van der Waals surface area (Å²) in [4.78, 5) is 23.0. The number of nitrogens with zero attached hydrogens (tertiary/aromatic N) is 3. The fourth-order valence-electron chi connectivity index (χ4n) is 3.03. The molecule has 1 atom stereocenters. The second-order valence-electron chi connectivity index (χ2n) is 7.59. The van der Waals surface area contributed by atoms with Crippen LogP contribution in [0.4, 0.5) is 4.79 Å². The van der Waals surface area contributed by atoms with Gasteiger partial charge in [0.05, 0.1) is 17.8 Å². The smallest absolute Gasteiger partial charge is 0.435 e. The molecule has 0 bridgehead atoms. The largest absolute Gasteiger partial charge is 0.489 e. The van der Waals surface area contributed by atoms with Crippen LogP contribution >= 0.6 is 0 Å². The van der Waals surface area contributed by atoms with Gasteiger partial charge >= 0.3 is 6.09 Å². The summed E-state index contributed by atoms with van der Waals surface area (Å²) in [6, 6.07) is 5.74. The first-order valence-electron chi connectivity index (χ1n) is 8.70. The number of aromatic nitrogens is 2. The third-order valence-electron chi connectivity index (χ3n) is 4.20. The molecule has 1 aliphatic carbocycles. The van der Waals surface area contributed by atoms with Crippen LogP contribution in [0.25, 0.3) is 0 Å². The topological polar surface area (TPSA) is 94.2 Å². The Labute approximate surface area is 157 Å². The van der Waals surface area contributed by atoms with Gasteiger partial charge in [0, 0.05) is 17.7 Å². The molecule has 1 aromatic carbocycles. The first kappa shape index (κ1) is 18.6. The minimum absolute atomic E-state index is 0.0746. The number of fused-ring (bicyclic) bond motifs is 1. The molecule has 0 saturated carbocycles. The van der Waals surface area contributed by atoms with Crippen LogP contribution in [0.1, 0.15) is 43.0 Å². The molecule has 0 spiro atoms. The maximum absolute atomic E-state index is 12.0. The molecule has 0 amide bonds. The zero-order valence-electron chi connectivity index (χ0n) is 15.6. The van der Waals surface area contributed by atoms with Crippen LogP contribution in [0.3, 0.4) is 0 Å². The summed E-state index contributed by atoms with van der Waals surface area (Å²) in [5, 5.41) is 13.4. The summed E-state index contributed by atoms with van der Waals surface area (Å²) in [7, 11) is 0. The van der Waals surface area contributed by atoms with E-state index < -0.39 is 11.7 Å². The molecule has 7 nitrogen and oxygen atoms in total. The molecule has 1 aromatic heterocycles. The fourth-order valence-corrected chi connectivity index (χ4v) is 3.03. The van der Waals surface area contributed by atoms with Crippen molar-refractivity contribution < 1.29 is 19.1 Å². The predicted octanol–water partition coefficient (Wildman–Crippen LogP) is 3.03. The minimum atomic E-state index is -0.600. The quantitative estimate of drug-likeness (QED) is 0.771. The number of aldehydes is 1. The van der Waals surface area contributed by atoms with Gasteiger partial charge in [-0.2, -0.15) is 15.0 Å². The average Bonchev–Trinajstić information content (AvgIpc) is 3.24. The fraction of sp³-hybridized carbons (Fsp3) is 0.400. The molecule has 3 rings (SSSR count). The van der Waals surface area contributed by atoms with Gasteiger partial charge in [0.25, 0.3) is 0 Å². The lowest BCUT2D eigenvalue weighted by molar-refractivity contribution is -0.110. The van der Waals surface area contributed by atoms with Gasteiger partial charge in [-0.25, -0.2) is 4.79 Å². The number of hydrogen-bond acceptors (Lipinski definition) is 6. The molecule has 0 saturated heterocycles. The Morgan fingerprint density at radius 2 is 2.19 bits per heavy atom. The van der Waals surface area contributed by atoms with E-state index in [1.54, 1.807) is 33.0 Å². The van der Waals surface area contributed by atoms with E-state index >= 15 is 0 Å².